The Morgan fingerprint density at radius 2 is 1.81 bits per heavy atom. The average Bonchev–Trinajstić information content (AvgIpc) is 3.47. The zero-order valence-corrected chi connectivity index (χ0v) is 19.5. The molecular weight excluding hydrogens is 424 g/mol. The topological polar surface area (TPSA) is 33.1 Å². The molecule has 1 aliphatic heterocycles. The third kappa shape index (κ3) is 3.54. The predicted octanol–water partition coefficient (Wildman–Crippen LogP) is 6.06. The molecule has 1 saturated heterocycles. The summed E-state index contributed by atoms with van der Waals surface area (Å²) >= 11 is 12.5. The van der Waals surface area contributed by atoms with E-state index in [4.69, 9.17) is 23.8 Å². The van der Waals surface area contributed by atoms with Gasteiger partial charge in [-0.3, -0.25) is 4.98 Å². The number of para-hydroxylation sites is 1. The Morgan fingerprint density at radius 1 is 1.06 bits per heavy atom. The number of aromatic nitrogens is 2. The number of benzene rings is 1. The molecule has 0 bridgehead atoms. The zero-order valence-electron chi connectivity index (χ0n) is 17.9. The molecule has 2 atom stereocenters. The molecule has 2 aliphatic rings. The molecule has 3 heterocycles. The van der Waals surface area contributed by atoms with E-state index in [-0.39, 0.29) is 12.1 Å². The van der Waals surface area contributed by atoms with E-state index in [1.54, 1.807) is 0 Å². The van der Waals surface area contributed by atoms with Gasteiger partial charge in [0.25, 0.3) is 0 Å². The molecule has 2 fully saturated rings. The molecule has 31 heavy (non-hydrogen) atoms. The lowest BCUT2D eigenvalue weighted by atomic mass is 9.95. The zero-order chi connectivity index (χ0) is 21.5. The highest BCUT2D eigenvalue weighted by atomic mass is 35.5. The van der Waals surface area contributed by atoms with E-state index < -0.39 is 0 Å². The van der Waals surface area contributed by atoms with Crippen LogP contribution in [0.15, 0.2) is 54.7 Å². The summed E-state index contributed by atoms with van der Waals surface area (Å²) in [4.78, 5) is 7.15. The van der Waals surface area contributed by atoms with Gasteiger partial charge in [-0.25, -0.2) is 0 Å². The summed E-state index contributed by atoms with van der Waals surface area (Å²) < 4.78 is 2.27. The van der Waals surface area contributed by atoms with Gasteiger partial charge in [0.2, 0.25) is 0 Å². The second kappa shape index (κ2) is 8.29. The van der Waals surface area contributed by atoms with Crippen molar-refractivity contribution in [3.8, 4) is 5.69 Å². The average molecular weight is 451 g/mol. The van der Waals surface area contributed by atoms with Gasteiger partial charge < -0.3 is 14.8 Å². The molecule has 1 aromatic carbocycles. The van der Waals surface area contributed by atoms with Gasteiger partial charge in [-0.2, -0.15) is 0 Å². The molecule has 2 aromatic heterocycles. The molecular formula is C25H27ClN4S. The molecule has 0 spiro atoms. The molecule has 1 aliphatic carbocycles. The lowest BCUT2D eigenvalue weighted by Crippen LogP contribution is -2.37. The lowest BCUT2D eigenvalue weighted by Gasteiger charge is -2.33. The Labute approximate surface area is 194 Å². The predicted molar refractivity (Wildman–Crippen MR) is 130 cm³/mol. The van der Waals surface area contributed by atoms with Crippen LogP contribution in [0.1, 0.15) is 60.4 Å². The van der Waals surface area contributed by atoms with Crippen molar-refractivity contribution in [2.24, 2.45) is 0 Å². The monoisotopic (exact) mass is 450 g/mol. The molecule has 1 saturated carbocycles. The fourth-order valence-electron chi connectivity index (χ4n) is 5.36. The van der Waals surface area contributed by atoms with E-state index in [9.17, 15) is 0 Å². The van der Waals surface area contributed by atoms with E-state index in [1.165, 1.54) is 42.6 Å². The van der Waals surface area contributed by atoms with Crippen LogP contribution in [-0.2, 0) is 0 Å². The number of nitrogens with zero attached hydrogens (tertiary/aromatic N) is 3. The van der Waals surface area contributed by atoms with Crippen LogP contribution in [0, 0.1) is 13.8 Å². The first-order valence-corrected chi connectivity index (χ1v) is 11.8. The van der Waals surface area contributed by atoms with Crippen molar-refractivity contribution in [1.82, 2.24) is 19.8 Å². The molecule has 5 rings (SSSR count). The minimum atomic E-state index is 0.0227. The summed E-state index contributed by atoms with van der Waals surface area (Å²) in [6.45, 7) is 4.34. The minimum absolute atomic E-state index is 0.0227. The molecule has 1 N–H and O–H groups in total. The molecule has 4 nitrogen and oxygen atoms in total. The highest BCUT2D eigenvalue weighted by Gasteiger charge is 2.44. The summed E-state index contributed by atoms with van der Waals surface area (Å²) in [6, 6.07) is 17.0. The van der Waals surface area contributed by atoms with Crippen molar-refractivity contribution in [2.45, 2.75) is 57.7 Å². The second-order valence-electron chi connectivity index (χ2n) is 8.59. The number of aryl methyl sites for hydroxylation is 1. The van der Waals surface area contributed by atoms with Gasteiger partial charge in [0, 0.05) is 23.6 Å². The van der Waals surface area contributed by atoms with Crippen LogP contribution >= 0.6 is 23.8 Å². The van der Waals surface area contributed by atoms with Crippen molar-refractivity contribution in [1.29, 1.82) is 0 Å². The molecule has 3 aromatic rings. The van der Waals surface area contributed by atoms with Gasteiger partial charge >= 0.3 is 0 Å². The van der Waals surface area contributed by atoms with Crippen molar-refractivity contribution in [2.75, 3.05) is 0 Å². The van der Waals surface area contributed by atoms with E-state index in [1.807, 2.05) is 30.5 Å². The van der Waals surface area contributed by atoms with Crippen LogP contribution < -0.4 is 5.32 Å². The van der Waals surface area contributed by atoms with E-state index in [0.29, 0.717) is 6.04 Å². The van der Waals surface area contributed by atoms with Gasteiger partial charge in [-0.1, -0.05) is 42.6 Å². The van der Waals surface area contributed by atoms with E-state index >= 15 is 0 Å². The molecule has 6 heteroatoms. The Kier molecular flexibility index (Phi) is 5.49. The Hall–Kier alpha value is -2.37. The fraction of sp³-hybridized carbons (Fsp3) is 0.360. The Morgan fingerprint density at radius 3 is 2.52 bits per heavy atom. The number of hydrogen-bond donors (Lipinski definition) is 1. The van der Waals surface area contributed by atoms with Crippen LogP contribution in [0.25, 0.3) is 5.69 Å². The SMILES string of the molecule is Cc1cc([C@H]2[C@@H](c3ccccn3)NC(=S)N2C2CCCC2)c(C)n1-c1ccccc1Cl. The molecule has 0 unspecified atom stereocenters. The number of halogens is 1. The summed E-state index contributed by atoms with van der Waals surface area (Å²) in [5.74, 6) is 0. The van der Waals surface area contributed by atoms with E-state index in [0.717, 1.165) is 21.5 Å². The van der Waals surface area contributed by atoms with Gasteiger partial charge in [0.1, 0.15) is 0 Å². The van der Waals surface area contributed by atoms with Crippen molar-refractivity contribution < 1.29 is 0 Å². The summed E-state index contributed by atoms with van der Waals surface area (Å²) in [7, 11) is 0. The second-order valence-corrected chi connectivity index (χ2v) is 9.38. The minimum Gasteiger partial charge on any atom is -0.352 e. The smallest absolute Gasteiger partial charge is 0.170 e. The number of nitrogens with one attached hydrogen (secondary N) is 1. The van der Waals surface area contributed by atoms with Crippen LogP contribution in [-0.4, -0.2) is 25.6 Å². The normalized spacial score (nSPS) is 21.6. The van der Waals surface area contributed by atoms with Crippen LogP contribution in [0.3, 0.4) is 0 Å². The lowest BCUT2D eigenvalue weighted by molar-refractivity contribution is 0.245. The maximum Gasteiger partial charge on any atom is 0.170 e. The van der Waals surface area contributed by atoms with Gasteiger partial charge in [-0.05, 0) is 74.8 Å². The number of hydrogen-bond acceptors (Lipinski definition) is 2. The standard InChI is InChI=1S/C25H27ClN4S/c1-16-15-19(17(2)29(16)22-13-6-5-11-20(22)26)24-23(21-12-7-8-14-27-21)28-25(31)30(24)18-9-3-4-10-18/h5-8,11-15,18,23-24H,3-4,9-10H2,1-2H3,(H,28,31)/t23-,24+/m1/s1. The highest BCUT2D eigenvalue weighted by molar-refractivity contribution is 7.80. The third-order valence-electron chi connectivity index (χ3n) is 6.74. The van der Waals surface area contributed by atoms with Crippen LogP contribution in [0.5, 0.6) is 0 Å². The van der Waals surface area contributed by atoms with Crippen molar-refractivity contribution in [3.63, 3.8) is 0 Å². The Balaban J connectivity index is 1.65. The maximum absolute atomic E-state index is 6.58. The quantitative estimate of drug-likeness (QED) is 0.490. The number of rotatable bonds is 4. The van der Waals surface area contributed by atoms with Crippen molar-refractivity contribution in [3.05, 3.63) is 82.4 Å². The highest BCUT2D eigenvalue weighted by Crippen LogP contribution is 2.45. The molecule has 0 amide bonds. The van der Waals surface area contributed by atoms with Gasteiger partial charge in [0.15, 0.2) is 5.11 Å². The summed E-state index contributed by atoms with van der Waals surface area (Å²) in [6.07, 6.45) is 6.78. The largest absolute Gasteiger partial charge is 0.352 e. The molecule has 0 radical (unpaired) electrons. The van der Waals surface area contributed by atoms with Gasteiger partial charge in [-0.15, -0.1) is 0 Å². The number of pyridine rings is 1. The third-order valence-corrected chi connectivity index (χ3v) is 7.38. The van der Waals surface area contributed by atoms with Gasteiger partial charge in [0.05, 0.1) is 28.5 Å². The maximum atomic E-state index is 6.58. The first-order valence-electron chi connectivity index (χ1n) is 11.0. The molecule has 160 valence electrons. The fourth-order valence-corrected chi connectivity index (χ4v) is 5.97. The van der Waals surface area contributed by atoms with Crippen LogP contribution in [0.2, 0.25) is 5.02 Å². The summed E-state index contributed by atoms with van der Waals surface area (Å²) in [5.41, 5.74) is 5.70. The summed E-state index contributed by atoms with van der Waals surface area (Å²) in [5, 5.41) is 5.21. The number of thiocarbonyl (C=S) groups is 1. The first kappa shape index (κ1) is 20.5. The van der Waals surface area contributed by atoms with Crippen LogP contribution in [0.4, 0.5) is 0 Å². The first-order chi connectivity index (χ1) is 15.1. The van der Waals surface area contributed by atoms with Crippen molar-refractivity contribution >= 4 is 28.9 Å². The van der Waals surface area contributed by atoms with E-state index in [2.05, 4.69) is 57.9 Å². The Bertz CT molecular complexity index is 1100.